The quantitative estimate of drug-likeness (QED) is 0.703. The fraction of sp³-hybridized carbons (Fsp3) is 0.368. The van der Waals surface area contributed by atoms with Crippen LogP contribution in [0.5, 0.6) is 0 Å². The van der Waals surface area contributed by atoms with Gasteiger partial charge in [0.05, 0.1) is 29.7 Å². The Balaban J connectivity index is 1.95. The van der Waals surface area contributed by atoms with Crippen molar-refractivity contribution >= 4 is 5.91 Å². The van der Waals surface area contributed by atoms with Gasteiger partial charge in [-0.3, -0.25) is 4.79 Å². The number of hydrogen-bond acceptors (Lipinski definition) is 5. The summed E-state index contributed by atoms with van der Waals surface area (Å²) in [5.41, 5.74) is 3.56. The van der Waals surface area contributed by atoms with Gasteiger partial charge in [0, 0.05) is 14.0 Å². The molecule has 0 fully saturated rings. The first-order valence-electron chi connectivity index (χ1n) is 8.57. The van der Waals surface area contributed by atoms with Gasteiger partial charge in [0.25, 0.3) is 5.91 Å². The number of amides is 1. The first kappa shape index (κ1) is 17.8. The van der Waals surface area contributed by atoms with E-state index in [-0.39, 0.29) is 18.4 Å². The van der Waals surface area contributed by atoms with Gasteiger partial charge in [-0.2, -0.15) is 10.1 Å². The Hall–Kier alpha value is -2.96. The van der Waals surface area contributed by atoms with Crippen molar-refractivity contribution in [2.75, 3.05) is 7.05 Å². The maximum Gasteiger partial charge on any atom is 0.257 e. The highest BCUT2D eigenvalue weighted by Crippen LogP contribution is 2.25. The average Bonchev–Trinajstić information content (AvgIpc) is 3.21. The van der Waals surface area contributed by atoms with Crippen molar-refractivity contribution in [3.05, 3.63) is 59.0 Å². The molecule has 0 saturated carbocycles. The number of benzene rings is 1. The lowest BCUT2D eigenvalue weighted by Crippen LogP contribution is -2.27. The number of carbonyl (C=O) groups excluding carboxylic acids is 1. The Morgan fingerprint density at radius 3 is 2.62 bits per heavy atom. The van der Waals surface area contributed by atoms with Crippen LogP contribution in [0.2, 0.25) is 0 Å². The summed E-state index contributed by atoms with van der Waals surface area (Å²) in [7, 11) is 1.73. The van der Waals surface area contributed by atoms with E-state index >= 15 is 0 Å². The third-order valence-corrected chi connectivity index (χ3v) is 4.22. The van der Waals surface area contributed by atoms with Gasteiger partial charge in [-0.15, -0.1) is 0 Å². The van der Waals surface area contributed by atoms with Gasteiger partial charge in [0.15, 0.2) is 5.82 Å². The molecule has 7 heteroatoms. The van der Waals surface area contributed by atoms with E-state index in [9.17, 15) is 4.79 Å². The summed E-state index contributed by atoms with van der Waals surface area (Å²) < 4.78 is 6.83. The summed E-state index contributed by atoms with van der Waals surface area (Å²) in [6.45, 7) is 8.16. The van der Waals surface area contributed by atoms with E-state index in [1.165, 1.54) is 0 Å². The Morgan fingerprint density at radius 1 is 1.27 bits per heavy atom. The largest absolute Gasteiger partial charge is 0.340 e. The van der Waals surface area contributed by atoms with Crippen LogP contribution in [0.15, 0.2) is 35.0 Å². The number of aryl methyl sites for hydroxylation is 2. The number of para-hydroxylation sites is 1. The van der Waals surface area contributed by atoms with Gasteiger partial charge >= 0.3 is 0 Å². The van der Waals surface area contributed by atoms with Crippen molar-refractivity contribution in [3.63, 3.8) is 0 Å². The molecule has 3 rings (SSSR count). The van der Waals surface area contributed by atoms with Crippen molar-refractivity contribution in [2.45, 2.75) is 40.2 Å². The Labute approximate surface area is 152 Å². The Morgan fingerprint density at radius 2 is 2.00 bits per heavy atom. The van der Waals surface area contributed by atoms with Crippen LogP contribution in [0, 0.1) is 13.8 Å². The van der Waals surface area contributed by atoms with E-state index in [4.69, 9.17) is 4.52 Å². The first-order chi connectivity index (χ1) is 12.4. The lowest BCUT2D eigenvalue weighted by atomic mass is 10.0. The molecule has 136 valence electrons. The summed E-state index contributed by atoms with van der Waals surface area (Å²) in [6.07, 6.45) is 1.64. The normalized spacial score (nSPS) is 11.2. The van der Waals surface area contributed by atoms with Gasteiger partial charge in [-0.05, 0) is 24.5 Å². The SMILES string of the molecule is Cc1nc(CN(C)C(=O)c2cnn(-c3ccccc3C)c2C(C)C)no1. The van der Waals surface area contributed by atoms with E-state index in [1.807, 2.05) is 35.9 Å². The van der Waals surface area contributed by atoms with Crippen LogP contribution in [-0.2, 0) is 6.54 Å². The van der Waals surface area contributed by atoms with Gasteiger partial charge < -0.3 is 9.42 Å². The predicted octanol–water partition coefficient (Wildman–Crippen LogP) is 3.27. The first-order valence-corrected chi connectivity index (χ1v) is 8.57. The molecular formula is C19H23N5O2. The third-order valence-electron chi connectivity index (χ3n) is 4.22. The van der Waals surface area contributed by atoms with E-state index in [0.29, 0.717) is 17.3 Å². The van der Waals surface area contributed by atoms with E-state index in [1.54, 1.807) is 25.1 Å². The molecule has 3 aromatic rings. The maximum absolute atomic E-state index is 13.0. The fourth-order valence-corrected chi connectivity index (χ4v) is 2.97. The minimum atomic E-state index is -0.115. The Kier molecular flexibility index (Phi) is 4.88. The summed E-state index contributed by atoms with van der Waals surface area (Å²) in [4.78, 5) is 18.7. The monoisotopic (exact) mass is 353 g/mol. The van der Waals surface area contributed by atoms with E-state index < -0.39 is 0 Å². The lowest BCUT2D eigenvalue weighted by Gasteiger charge is -2.18. The average molecular weight is 353 g/mol. The summed E-state index contributed by atoms with van der Waals surface area (Å²) >= 11 is 0. The van der Waals surface area contributed by atoms with Gasteiger partial charge in [0.1, 0.15) is 0 Å². The van der Waals surface area contributed by atoms with Crippen molar-refractivity contribution in [1.29, 1.82) is 0 Å². The third kappa shape index (κ3) is 3.37. The molecule has 0 bridgehead atoms. The standard InChI is InChI=1S/C19H23N5O2/c1-12(2)18-15(10-20-24(18)16-9-7-6-8-13(16)3)19(25)23(5)11-17-21-14(4)26-22-17/h6-10,12H,11H2,1-5H3. The zero-order valence-electron chi connectivity index (χ0n) is 15.7. The topological polar surface area (TPSA) is 77.1 Å². The minimum Gasteiger partial charge on any atom is -0.340 e. The molecule has 0 aliphatic rings. The molecule has 0 saturated heterocycles. The molecule has 2 aromatic heterocycles. The summed E-state index contributed by atoms with van der Waals surface area (Å²) in [5.74, 6) is 0.986. The van der Waals surface area contributed by atoms with Gasteiger partial charge in [-0.1, -0.05) is 37.2 Å². The second-order valence-electron chi connectivity index (χ2n) is 6.69. The molecule has 0 atom stereocenters. The molecular weight excluding hydrogens is 330 g/mol. The van der Waals surface area contributed by atoms with Crippen LogP contribution in [0.3, 0.4) is 0 Å². The second-order valence-corrected chi connectivity index (χ2v) is 6.69. The molecule has 26 heavy (non-hydrogen) atoms. The number of nitrogens with zero attached hydrogens (tertiary/aromatic N) is 5. The molecule has 1 amide bonds. The molecule has 0 spiro atoms. The second kappa shape index (κ2) is 7.11. The van der Waals surface area contributed by atoms with Crippen LogP contribution < -0.4 is 0 Å². The van der Waals surface area contributed by atoms with Crippen molar-refractivity contribution in [3.8, 4) is 5.69 Å². The molecule has 7 nitrogen and oxygen atoms in total. The Bertz CT molecular complexity index is 926. The number of aromatic nitrogens is 4. The van der Waals surface area contributed by atoms with Gasteiger partial charge in [0.2, 0.25) is 5.89 Å². The van der Waals surface area contributed by atoms with E-state index in [0.717, 1.165) is 16.9 Å². The summed E-state index contributed by atoms with van der Waals surface area (Å²) in [6, 6.07) is 8.01. The minimum absolute atomic E-state index is 0.115. The molecule has 0 unspecified atom stereocenters. The number of hydrogen-bond donors (Lipinski definition) is 0. The zero-order chi connectivity index (χ0) is 18.8. The van der Waals surface area contributed by atoms with E-state index in [2.05, 4.69) is 29.1 Å². The molecule has 0 radical (unpaired) electrons. The molecule has 2 heterocycles. The van der Waals surface area contributed by atoms with Crippen molar-refractivity contribution in [2.24, 2.45) is 0 Å². The van der Waals surface area contributed by atoms with Crippen LogP contribution >= 0.6 is 0 Å². The van der Waals surface area contributed by atoms with Crippen LogP contribution in [-0.4, -0.2) is 37.8 Å². The van der Waals surface area contributed by atoms with Gasteiger partial charge in [-0.25, -0.2) is 4.68 Å². The summed E-state index contributed by atoms with van der Waals surface area (Å²) in [5, 5.41) is 8.36. The van der Waals surface area contributed by atoms with Crippen LogP contribution in [0.25, 0.3) is 5.69 Å². The molecule has 0 aliphatic heterocycles. The zero-order valence-corrected chi connectivity index (χ0v) is 15.7. The predicted molar refractivity (Wildman–Crippen MR) is 97.2 cm³/mol. The highest BCUT2D eigenvalue weighted by atomic mass is 16.5. The maximum atomic E-state index is 13.0. The fourth-order valence-electron chi connectivity index (χ4n) is 2.97. The van der Waals surface area contributed by atoms with Crippen molar-refractivity contribution < 1.29 is 9.32 Å². The highest BCUT2D eigenvalue weighted by molar-refractivity contribution is 5.95. The van der Waals surface area contributed by atoms with Crippen LogP contribution in [0.4, 0.5) is 0 Å². The highest BCUT2D eigenvalue weighted by Gasteiger charge is 2.24. The van der Waals surface area contributed by atoms with Crippen molar-refractivity contribution in [1.82, 2.24) is 24.8 Å². The number of rotatable bonds is 5. The smallest absolute Gasteiger partial charge is 0.257 e. The lowest BCUT2D eigenvalue weighted by molar-refractivity contribution is 0.0779. The molecule has 1 aromatic carbocycles. The van der Waals surface area contributed by atoms with Crippen LogP contribution in [0.1, 0.15) is 53.1 Å². The molecule has 0 N–H and O–H groups in total. The molecule has 0 aliphatic carbocycles. The number of carbonyl (C=O) groups is 1.